The summed E-state index contributed by atoms with van der Waals surface area (Å²) in [5.41, 5.74) is 3.06. The van der Waals surface area contributed by atoms with Crippen molar-refractivity contribution in [3.05, 3.63) is 95.1 Å². The molecule has 3 aromatic rings. The van der Waals surface area contributed by atoms with Gasteiger partial charge in [-0.05, 0) is 54.3 Å². The first kappa shape index (κ1) is 22.4. The number of benzene rings is 3. The molecular formula is C27H28N2O4. The molecule has 3 aromatic carbocycles. The largest absolute Gasteiger partial charge is 0.493 e. The molecule has 0 aliphatic carbocycles. The Balaban J connectivity index is 1.37. The maximum atomic E-state index is 12.7. The third kappa shape index (κ3) is 5.71. The second kappa shape index (κ2) is 10.7. The number of carbonyl (C=O) groups excluding carboxylic acids is 2. The van der Waals surface area contributed by atoms with E-state index in [1.54, 1.807) is 25.3 Å². The van der Waals surface area contributed by atoms with Gasteiger partial charge in [-0.15, -0.1) is 0 Å². The minimum absolute atomic E-state index is 0.0523. The summed E-state index contributed by atoms with van der Waals surface area (Å²) in [6.45, 7) is 2.36. The van der Waals surface area contributed by atoms with Crippen molar-refractivity contribution >= 4 is 11.8 Å². The van der Waals surface area contributed by atoms with Gasteiger partial charge in [0, 0.05) is 30.8 Å². The van der Waals surface area contributed by atoms with Crippen molar-refractivity contribution in [3.8, 4) is 11.5 Å². The van der Waals surface area contributed by atoms with Crippen LogP contribution in [-0.2, 0) is 13.2 Å². The van der Waals surface area contributed by atoms with Gasteiger partial charge < -0.3 is 19.7 Å². The van der Waals surface area contributed by atoms with Crippen LogP contribution < -0.4 is 14.8 Å². The van der Waals surface area contributed by atoms with Crippen molar-refractivity contribution in [1.82, 2.24) is 10.2 Å². The molecule has 33 heavy (non-hydrogen) atoms. The number of amides is 2. The van der Waals surface area contributed by atoms with E-state index in [0.717, 1.165) is 37.1 Å². The van der Waals surface area contributed by atoms with Crippen LogP contribution in [0.2, 0.25) is 0 Å². The molecule has 1 N–H and O–H groups in total. The van der Waals surface area contributed by atoms with Crippen LogP contribution in [0.15, 0.2) is 72.8 Å². The van der Waals surface area contributed by atoms with Gasteiger partial charge >= 0.3 is 0 Å². The second-order valence-electron chi connectivity index (χ2n) is 8.02. The number of rotatable bonds is 8. The maximum Gasteiger partial charge on any atom is 0.253 e. The molecule has 0 bridgehead atoms. The molecule has 6 heteroatoms. The molecular weight excluding hydrogens is 416 g/mol. The van der Waals surface area contributed by atoms with Gasteiger partial charge in [0.05, 0.1) is 7.11 Å². The van der Waals surface area contributed by atoms with Gasteiger partial charge in [-0.3, -0.25) is 9.59 Å². The van der Waals surface area contributed by atoms with Crippen LogP contribution in [0, 0.1) is 0 Å². The van der Waals surface area contributed by atoms with E-state index >= 15 is 0 Å². The van der Waals surface area contributed by atoms with Gasteiger partial charge in [-0.25, -0.2) is 0 Å². The highest BCUT2D eigenvalue weighted by molar-refractivity contribution is 5.95. The van der Waals surface area contributed by atoms with Gasteiger partial charge in [0.1, 0.15) is 6.61 Å². The van der Waals surface area contributed by atoms with Crippen molar-refractivity contribution in [2.24, 2.45) is 0 Å². The second-order valence-corrected chi connectivity index (χ2v) is 8.02. The predicted molar refractivity (Wildman–Crippen MR) is 127 cm³/mol. The molecule has 0 aromatic heterocycles. The molecule has 1 saturated heterocycles. The highest BCUT2D eigenvalue weighted by Crippen LogP contribution is 2.29. The Hall–Kier alpha value is -3.80. The normalized spacial score (nSPS) is 12.9. The van der Waals surface area contributed by atoms with E-state index in [0.29, 0.717) is 35.8 Å². The highest BCUT2D eigenvalue weighted by Gasteiger charge is 2.19. The number of nitrogens with one attached hydrogen (secondary N) is 1. The number of methoxy groups -OCH3 is 1. The molecule has 0 atom stereocenters. The van der Waals surface area contributed by atoms with Crippen molar-refractivity contribution in [3.63, 3.8) is 0 Å². The average molecular weight is 445 g/mol. The zero-order chi connectivity index (χ0) is 23.0. The zero-order valence-corrected chi connectivity index (χ0v) is 18.8. The van der Waals surface area contributed by atoms with Crippen molar-refractivity contribution < 1.29 is 19.1 Å². The zero-order valence-electron chi connectivity index (χ0n) is 18.8. The van der Waals surface area contributed by atoms with E-state index in [9.17, 15) is 9.59 Å². The van der Waals surface area contributed by atoms with Crippen LogP contribution in [0.3, 0.4) is 0 Å². The summed E-state index contributed by atoms with van der Waals surface area (Å²) in [5.74, 6) is 0.901. The molecule has 1 fully saturated rings. The monoisotopic (exact) mass is 444 g/mol. The molecule has 1 heterocycles. The molecule has 4 rings (SSSR count). The Morgan fingerprint density at radius 2 is 1.61 bits per heavy atom. The summed E-state index contributed by atoms with van der Waals surface area (Å²) in [6.07, 6.45) is 2.11. The first-order valence-electron chi connectivity index (χ1n) is 11.2. The van der Waals surface area contributed by atoms with E-state index in [4.69, 9.17) is 9.47 Å². The first-order chi connectivity index (χ1) is 16.1. The number of ether oxygens (including phenoxy) is 2. The average Bonchev–Trinajstić information content (AvgIpc) is 3.41. The Morgan fingerprint density at radius 1 is 0.848 bits per heavy atom. The molecule has 0 radical (unpaired) electrons. The Morgan fingerprint density at radius 3 is 2.36 bits per heavy atom. The molecule has 6 nitrogen and oxygen atoms in total. The minimum atomic E-state index is -0.223. The van der Waals surface area contributed by atoms with Gasteiger partial charge in [0.25, 0.3) is 11.8 Å². The first-order valence-corrected chi connectivity index (χ1v) is 11.2. The fourth-order valence-electron chi connectivity index (χ4n) is 3.86. The van der Waals surface area contributed by atoms with Crippen molar-refractivity contribution in [2.45, 2.75) is 26.0 Å². The standard InChI is InChI=1S/C27H28N2O4/c1-32-25-17-22(12-13-24(25)33-19-20-8-3-2-4-9-20)26(30)28-18-21-10-7-11-23(16-21)27(31)29-14-5-6-15-29/h2-4,7-13,16-17H,5-6,14-15,18-19H2,1H3,(H,28,30). The topological polar surface area (TPSA) is 67.9 Å². The summed E-state index contributed by atoms with van der Waals surface area (Å²) in [7, 11) is 1.55. The SMILES string of the molecule is COc1cc(C(=O)NCc2cccc(C(=O)N3CCCC3)c2)ccc1OCc1ccccc1. The lowest BCUT2D eigenvalue weighted by Crippen LogP contribution is -2.28. The van der Waals surface area contributed by atoms with Gasteiger partial charge in [-0.2, -0.15) is 0 Å². The maximum absolute atomic E-state index is 12.7. The highest BCUT2D eigenvalue weighted by atomic mass is 16.5. The van der Waals surface area contributed by atoms with Crippen LogP contribution in [0.5, 0.6) is 11.5 Å². The molecule has 1 aliphatic rings. The van der Waals surface area contributed by atoms with Crippen LogP contribution >= 0.6 is 0 Å². The minimum Gasteiger partial charge on any atom is -0.493 e. The van der Waals surface area contributed by atoms with E-state index in [1.165, 1.54) is 0 Å². The Kier molecular flexibility index (Phi) is 7.25. The molecule has 0 saturated carbocycles. The van der Waals surface area contributed by atoms with Gasteiger partial charge in [-0.1, -0.05) is 42.5 Å². The summed E-state index contributed by atoms with van der Waals surface area (Å²) in [4.78, 5) is 27.2. The quantitative estimate of drug-likeness (QED) is 0.558. The summed E-state index contributed by atoms with van der Waals surface area (Å²) in [5, 5.41) is 2.92. The van der Waals surface area contributed by atoms with Crippen LogP contribution in [0.25, 0.3) is 0 Å². The molecule has 0 spiro atoms. The van der Waals surface area contributed by atoms with E-state index in [2.05, 4.69) is 5.32 Å². The lowest BCUT2D eigenvalue weighted by Gasteiger charge is -2.16. The van der Waals surface area contributed by atoms with Gasteiger partial charge in [0.15, 0.2) is 11.5 Å². The number of carbonyl (C=O) groups is 2. The van der Waals surface area contributed by atoms with Crippen molar-refractivity contribution in [2.75, 3.05) is 20.2 Å². The molecule has 1 aliphatic heterocycles. The lowest BCUT2D eigenvalue weighted by molar-refractivity contribution is 0.0792. The van der Waals surface area contributed by atoms with E-state index in [1.807, 2.05) is 59.5 Å². The number of hydrogen-bond acceptors (Lipinski definition) is 4. The summed E-state index contributed by atoms with van der Waals surface area (Å²) in [6, 6.07) is 22.4. The predicted octanol–water partition coefficient (Wildman–Crippen LogP) is 4.44. The third-order valence-corrected chi connectivity index (χ3v) is 5.68. The lowest BCUT2D eigenvalue weighted by atomic mass is 10.1. The molecule has 2 amide bonds. The number of likely N-dealkylation sites (tertiary alicyclic amines) is 1. The summed E-state index contributed by atoms with van der Waals surface area (Å²) >= 11 is 0. The van der Waals surface area contributed by atoms with Crippen LogP contribution in [0.4, 0.5) is 0 Å². The number of hydrogen-bond donors (Lipinski definition) is 1. The number of nitrogens with zero attached hydrogens (tertiary/aromatic N) is 1. The van der Waals surface area contributed by atoms with Crippen LogP contribution in [-0.4, -0.2) is 36.9 Å². The Labute approximate surface area is 194 Å². The summed E-state index contributed by atoms with van der Waals surface area (Å²) < 4.78 is 11.3. The fourth-order valence-corrected chi connectivity index (χ4v) is 3.86. The smallest absolute Gasteiger partial charge is 0.253 e. The third-order valence-electron chi connectivity index (χ3n) is 5.68. The molecule has 0 unspecified atom stereocenters. The van der Waals surface area contributed by atoms with Gasteiger partial charge in [0.2, 0.25) is 0 Å². The van der Waals surface area contributed by atoms with E-state index < -0.39 is 0 Å². The molecule has 170 valence electrons. The van der Waals surface area contributed by atoms with E-state index in [-0.39, 0.29) is 11.8 Å². The Bertz CT molecular complexity index is 1110. The van der Waals surface area contributed by atoms with Crippen molar-refractivity contribution in [1.29, 1.82) is 0 Å². The van der Waals surface area contributed by atoms with Crippen LogP contribution in [0.1, 0.15) is 44.7 Å². The fraction of sp³-hybridized carbons (Fsp3) is 0.259.